The quantitative estimate of drug-likeness (QED) is 0.401. The third kappa shape index (κ3) is 4.00. The van der Waals surface area contributed by atoms with Gasteiger partial charge < -0.3 is 0 Å². The Bertz CT molecular complexity index is 973. The van der Waals surface area contributed by atoms with E-state index in [0.29, 0.717) is 15.5 Å². The van der Waals surface area contributed by atoms with Crippen LogP contribution in [0.15, 0.2) is 78.4 Å². The minimum atomic E-state index is -2.22. The molecule has 1 heteroatoms. The van der Waals surface area contributed by atoms with Crippen molar-refractivity contribution in [2.75, 3.05) is 0 Å². The molecule has 0 amide bonds. The Morgan fingerprint density at radius 2 is 1.28 bits per heavy atom. The Morgan fingerprint density at radius 1 is 0.724 bits per heavy atom. The van der Waals surface area contributed by atoms with Crippen LogP contribution in [0.5, 0.6) is 0 Å². The summed E-state index contributed by atoms with van der Waals surface area (Å²) in [6.07, 6.45) is 2.51. The topological polar surface area (TPSA) is 0 Å². The normalized spacial score (nSPS) is 15.6. The van der Waals surface area contributed by atoms with Gasteiger partial charge in [-0.1, -0.05) is 0 Å². The van der Waals surface area contributed by atoms with E-state index in [1.165, 1.54) is 16.7 Å². The first-order valence-electron chi connectivity index (χ1n) is 10.8. The molecule has 0 heterocycles. The van der Waals surface area contributed by atoms with Gasteiger partial charge in [-0.2, -0.15) is 0 Å². The molecular formula is C28H31Zr. The number of allylic oxidation sites excluding steroid dienone is 1. The Morgan fingerprint density at radius 3 is 1.76 bits per heavy atom. The Hall–Kier alpha value is -1.72. The average molecular weight is 459 g/mol. The first kappa shape index (κ1) is 20.6. The van der Waals surface area contributed by atoms with Crippen LogP contribution in [0.4, 0.5) is 0 Å². The molecule has 0 saturated heterocycles. The third-order valence-electron chi connectivity index (χ3n) is 6.15. The maximum atomic E-state index is 2.54. The molecule has 1 aliphatic carbocycles. The Balaban J connectivity index is 1.94. The van der Waals surface area contributed by atoms with E-state index in [1.54, 1.807) is 17.7 Å². The van der Waals surface area contributed by atoms with Gasteiger partial charge in [0.2, 0.25) is 0 Å². The van der Waals surface area contributed by atoms with Gasteiger partial charge in [-0.3, -0.25) is 0 Å². The molecule has 0 N–H and O–H groups in total. The summed E-state index contributed by atoms with van der Waals surface area (Å²) in [6, 6.07) is 27.7. The number of hydrogen-bond acceptors (Lipinski definition) is 0. The SMILES string of the molecule is CC1=Cc2c(C(C)C)cc(C(C)C)cc2[CH]1[Zr]([c]1ccccc1)[c]1ccccc1. The monoisotopic (exact) mass is 457 g/mol. The fourth-order valence-corrected chi connectivity index (χ4v) is 12.5. The van der Waals surface area contributed by atoms with Crippen LogP contribution >= 0.6 is 0 Å². The van der Waals surface area contributed by atoms with Crippen LogP contribution in [0, 0.1) is 0 Å². The second-order valence-corrected chi connectivity index (χ2v) is 15.2. The number of hydrogen-bond donors (Lipinski definition) is 0. The predicted octanol–water partition coefficient (Wildman–Crippen LogP) is 6.66. The molecule has 0 aromatic heterocycles. The molecule has 0 bridgehead atoms. The summed E-state index contributed by atoms with van der Waals surface area (Å²) >= 11 is -2.22. The van der Waals surface area contributed by atoms with Crippen molar-refractivity contribution in [3.8, 4) is 0 Å². The molecule has 0 fully saturated rings. The fourth-order valence-electron chi connectivity index (χ4n) is 4.61. The van der Waals surface area contributed by atoms with Crippen LogP contribution < -0.4 is 6.54 Å². The van der Waals surface area contributed by atoms with Gasteiger partial charge in [0.15, 0.2) is 0 Å². The molecule has 1 unspecified atom stereocenters. The van der Waals surface area contributed by atoms with Crippen LogP contribution in [-0.2, 0) is 21.8 Å². The van der Waals surface area contributed by atoms with E-state index in [2.05, 4.69) is 113 Å². The van der Waals surface area contributed by atoms with E-state index in [4.69, 9.17) is 0 Å². The molecule has 29 heavy (non-hydrogen) atoms. The molecule has 0 spiro atoms. The van der Waals surface area contributed by atoms with Gasteiger partial charge in [-0.05, 0) is 0 Å². The molecule has 0 aliphatic heterocycles. The van der Waals surface area contributed by atoms with Crippen molar-refractivity contribution in [2.24, 2.45) is 0 Å². The molecule has 1 atom stereocenters. The average Bonchev–Trinajstić information content (AvgIpc) is 3.05. The number of fused-ring (bicyclic) bond motifs is 1. The van der Waals surface area contributed by atoms with Crippen LogP contribution in [0.25, 0.3) is 6.08 Å². The van der Waals surface area contributed by atoms with Crippen molar-refractivity contribution >= 4 is 12.6 Å². The molecular weight excluding hydrogens is 428 g/mol. The van der Waals surface area contributed by atoms with E-state index in [9.17, 15) is 0 Å². The molecule has 1 aliphatic rings. The summed E-state index contributed by atoms with van der Waals surface area (Å²) in [6.45, 7) is 11.7. The van der Waals surface area contributed by atoms with Crippen molar-refractivity contribution in [1.29, 1.82) is 0 Å². The van der Waals surface area contributed by atoms with E-state index in [-0.39, 0.29) is 0 Å². The zero-order valence-electron chi connectivity index (χ0n) is 18.2. The standard InChI is InChI=1S/C16H21.2C6H5.Zr/c1-10(2)13-8-14-6-12(5)7-16(14)15(9-13)11(3)4;2*1-2-4-6-5-3-1;/h6-11H,1-5H3;2*1-5H;. The van der Waals surface area contributed by atoms with E-state index < -0.39 is 21.8 Å². The molecule has 0 saturated carbocycles. The first-order valence-corrected chi connectivity index (χ1v) is 14.7. The van der Waals surface area contributed by atoms with Crippen LogP contribution in [0.1, 0.15) is 72.3 Å². The van der Waals surface area contributed by atoms with Crippen LogP contribution in [0.2, 0.25) is 0 Å². The summed E-state index contributed by atoms with van der Waals surface area (Å²) < 4.78 is 3.76. The van der Waals surface area contributed by atoms with Gasteiger partial charge in [-0.15, -0.1) is 0 Å². The summed E-state index contributed by atoms with van der Waals surface area (Å²) in [5, 5.41) is 0. The first-order chi connectivity index (χ1) is 14.0. The zero-order chi connectivity index (χ0) is 20.5. The third-order valence-corrected chi connectivity index (χ3v) is 14.2. The van der Waals surface area contributed by atoms with Gasteiger partial charge in [-0.25, -0.2) is 0 Å². The molecule has 147 valence electrons. The van der Waals surface area contributed by atoms with Crippen molar-refractivity contribution in [1.82, 2.24) is 0 Å². The van der Waals surface area contributed by atoms with Crippen molar-refractivity contribution in [2.45, 2.75) is 50.1 Å². The molecule has 3 aromatic rings. The summed E-state index contributed by atoms with van der Waals surface area (Å²) in [4.78, 5) is 0. The van der Waals surface area contributed by atoms with E-state index in [0.717, 1.165) is 0 Å². The molecule has 0 nitrogen and oxygen atoms in total. The fraction of sp³-hybridized carbons (Fsp3) is 0.286. The van der Waals surface area contributed by atoms with Crippen molar-refractivity contribution in [3.05, 3.63) is 101 Å². The summed E-state index contributed by atoms with van der Waals surface area (Å²) in [5.74, 6) is 1.10. The van der Waals surface area contributed by atoms with E-state index in [1.807, 2.05) is 0 Å². The minimum absolute atomic E-state index is 0.547. The van der Waals surface area contributed by atoms with Gasteiger partial charge in [0.25, 0.3) is 0 Å². The second kappa shape index (κ2) is 8.57. The van der Waals surface area contributed by atoms with E-state index >= 15 is 0 Å². The Labute approximate surface area is 184 Å². The predicted molar refractivity (Wildman–Crippen MR) is 123 cm³/mol. The maximum absolute atomic E-state index is 2.54. The molecule has 3 aromatic carbocycles. The van der Waals surface area contributed by atoms with Crippen molar-refractivity contribution in [3.63, 3.8) is 0 Å². The summed E-state index contributed by atoms with van der Waals surface area (Å²) in [5.41, 5.74) is 7.68. The van der Waals surface area contributed by atoms with Gasteiger partial charge in [0.05, 0.1) is 0 Å². The number of benzene rings is 3. The number of rotatable bonds is 5. The zero-order valence-corrected chi connectivity index (χ0v) is 20.7. The summed E-state index contributed by atoms with van der Waals surface area (Å²) in [7, 11) is 0. The van der Waals surface area contributed by atoms with Crippen molar-refractivity contribution < 1.29 is 21.8 Å². The molecule has 4 rings (SSSR count). The van der Waals surface area contributed by atoms with Crippen LogP contribution in [-0.4, -0.2) is 0 Å². The van der Waals surface area contributed by atoms with Crippen LogP contribution in [0.3, 0.4) is 0 Å². The molecule has 0 radical (unpaired) electrons. The second-order valence-electron chi connectivity index (χ2n) is 8.89. The van der Waals surface area contributed by atoms with Gasteiger partial charge in [0, 0.05) is 0 Å². The van der Waals surface area contributed by atoms with Gasteiger partial charge in [0.1, 0.15) is 0 Å². The Kier molecular flexibility index (Phi) is 6.07. The van der Waals surface area contributed by atoms with Gasteiger partial charge >= 0.3 is 185 Å².